The van der Waals surface area contributed by atoms with Crippen LogP contribution in [-0.2, 0) is 6.54 Å². The summed E-state index contributed by atoms with van der Waals surface area (Å²) in [6, 6.07) is 10.9. The molecule has 1 aromatic carbocycles. The first-order valence-electron chi connectivity index (χ1n) is 14.1. The van der Waals surface area contributed by atoms with Gasteiger partial charge in [0.2, 0.25) is 0 Å². The second-order valence-electron chi connectivity index (χ2n) is 10.1. The summed E-state index contributed by atoms with van der Waals surface area (Å²) < 4.78 is 0. The molecule has 0 spiro atoms. The van der Waals surface area contributed by atoms with Crippen molar-refractivity contribution in [3.05, 3.63) is 35.9 Å². The number of thioether (sulfide) groups is 2. The molecule has 0 saturated carbocycles. The molecule has 0 saturated heterocycles. The van der Waals surface area contributed by atoms with Crippen molar-refractivity contribution < 1.29 is 0 Å². The first-order valence-corrected chi connectivity index (χ1v) is 16.2. The maximum absolute atomic E-state index is 3.81. The largest absolute Gasteiger partial charge is 0.312 e. The predicted octanol–water partition coefficient (Wildman–Crippen LogP) is 9.75. The first kappa shape index (κ1) is 30.9. The number of hydrogen-bond acceptors (Lipinski definition) is 3. The highest BCUT2D eigenvalue weighted by molar-refractivity contribution is 8.03. The van der Waals surface area contributed by atoms with Crippen LogP contribution in [0.1, 0.15) is 117 Å². The summed E-state index contributed by atoms with van der Waals surface area (Å²) >= 11 is 4.54. The van der Waals surface area contributed by atoms with Crippen LogP contribution < -0.4 is 5.32 Å². The van der Waals surface area contributed by atoms with Crippen LogP contribution in [0.2, 0.25) is 0 Å². The predicted molar refractivity (Wildman–Crippen MR) is 157 cm³/mol. The van der Waals surface area contributed by atoms with E-state index in [0.717, 1.165) is 29.5 Å². The molecule has 0 radical (unpaired) electrons. The van der Waals surface area contributed by atoms with Gasteiger partial charge in [0.15, 0.2) is 0 Å². The van der Waals surface area contributed by atoms with E-state index in [1.807, 2.05) is 0 Å². The second kappa shape index (κ2) is 22.4. The third-order valence-electron chi connectivity index (χ3n) is 6.30. The third kappa shape index (κ3) is 17.9. The van der Waals surface area contributed by atoms with Crippen molar-refractivity contribution in [2.45, 2.75) is 128 Å². The fourth-order valence-electron chi connectivity index (χ4n) is 4.28. The molecule has 0 fully saturated rings. The van der Waals surface area contributed by atoms with Crippen LogP contribution in [0.3, 0.4) is 0 Å². The molecule has 33 heavy (non-hydrogen) atoms. The zero-order valence-corrected chi connectivity index (χ0v) is 24.1. The summed E-state index contributed by atoms with van der Waals surface area (Å²) in [7, 11) is 0. The summed E-state index contributed by atoms with van der Waals surface area (Å²) in [6.45, 7) is 11.6. The van der Waals surface area contributed by atoms with Crippen molar-refractivity contribution in [3.63, 3.8) is 0 Å². The minimum absolute atomic E-state index is 0.719. The highest BCUT2D eigenvalue weighted by Gasteiger charge is 2.23. The van der Waals surface area contributed by atoms with Crippen LogP contribution in [0.25, 0.3) is 0 Å². The van der Waals surface area contributed by atoms with Gasteiger partial charge >= 0.3 is 0 Å². The third-order valence-corrected chi connectivity index (χ3v) is 9.39. The molecule has 0 aromatic heterocycles. The van der Waals surface area contributed by atoms with Gasteiger partial charge in [-0.2, -0.15) is 23.5 Å². The quantitative estimate of drug-likeness (QED) is 0.152. The molecule has 0 amide bonds. The van der Waals surface area contributed by atoms with E-state index in [-0.39, 0.29) is 0 Å². The molecule has 1 rings (SSSR count). The lowest BCUT2D eigenvalue weighted by Gasteiger charge is -2.28. The van der Waals surface area contributed by atoms with Crippen LogP contribution in [0.15, 0.2) is 30.3 Å². The number of benzene rings is 1. The zero-order chi connectivity index (χ0) is 24.0. The van der Waals surface area contributed by atoms with Crippen molar-refractivity contribution in [2.75, 3.05) is 18.1 Å². The van der Waals surface area contributed by atoms with E-state index in [1.54, 1.807) is 0 Å². The lowest BCUT2D eigenvalue weighted by atomic mass is 10.1. The molecule has 1 nitrogen and oxygen atoms in total. The number of hydrogen-bond donors (Lipinski definition) is 1. The van der Waals surface area contributed by atoms with Gasteiger partial charge < -0.3 is 5.32 Å². The van der Waals surface area contributed by atoms with Gasteiger partial charge in [0, 0.05) is 23.6 Å². The fourth-order valence-corrected chi connectivity index (χ4v) is 7.49. The normalized spacial score (nSPS) is 13.5. The Labute approximate surface area is 216 Å². The van der Waals surface area contributed by atoms with Crippen molar-refractivity contribution in [1.82, 2.24) is 5.32 Å². The van der Waals surface area contributed by atoms with Gasteiger partial charge in [-0.05, 0) is 42.2 Å². The van der Waals surface area contributed by atoms with Crippen molar-refractivity contribution in [3.8, 4) is 0 Å². The van der Waals surface area contributed by atoms with Crippen LogP contribution in [0.5, 0.6) is 0 Å². The Morgan fingerprint density at radius 2 is 1.18 bits per heavy atom. The van der Waals surface area contributed by atoms with E-state index in [0.29, 0.717) is 0 Å². The van der Waals surface area contributed by atoms with Crippen LogP contribution >= 0.6 is 23.5 Å². The van der Waals surface area contributed by atoms with Gasteiger partial charge in [0.25, 0.3) is 0 Å². The number of nitrogens with one attached hydrogen (secondary N) is 1. The highest BCUT2D eigenvalue weighted by Crippen LogP contribution is 2.31. The monoisotopic (exact) mass is 493 g/mol. The molecule has 3 heteroatoms. The summed E-state index contributed by atoms with van der Waals surface area (Å²) in [4.78, 5) is 0. The standard InChI is InChI=1S/C30H55NS2/c1-5-7-9-11-13-18-22-32-29(24-27(3)4)30(33-23-19-14-12-10-8-6-2)26-31-25-28-20-16-15-17-21-28/h15-17,20-21,27,29-31H,5-14,18-19,22-26H2,1-4H3/t29-,30-/m0/s1. The van der Waals surface area contributed by atoms with Gasteiger partial charge in [-0.15, -0.1) is 0 Å². The first-order chi connectivity index (χ1) is 16.2. The molecule has 0 heterocycles. The van der Waals surface area contributed by atoms with Gasteiger partial charge in [-0.1, -0.05) is 122 Å². The van der Waals surface area contributed by atoms with Crippen molar-refractivity contribution >= 4 is 23.5 Å². The van der Waals surface area contributed by atoms with Crippen LogP contribution in [0.4, 0.5) is 0 Å². The molecule has 2 atom stereocenters. The van der Waals surface area contributed by atoms with Crippen molar-refractivity contribution in [1.29, 1.82) is 0 Å². The molecular weight excluding hydrogens is 438 g/mol. The molecule has 0 aliphatic rings. The summed E-state index contributed by atoms with van der Waals surface area (Å²) in [5.41, 5.74) is 1.40. The summed E-state index contributed by atoms with van der Waals surface area (Å²) in [5.74, 6) is 3.45. The Morgan fingerprint density at radius 1 is 0.667 bits per heavy atom. The Hall–Kier alpha value is -0.120. The lowest BCUT2D eigenvalue weighted by molar-refractivity contribution is 0.537. The fraction of sp³-hybridized carbons (Fsp3) is 0.800. The molecule has 0 aliphatic heterocycles. The lowest BCUT2D eigenvalue weighted by Crippen LogP contribution is -2.33. The molecule has 0 unspecified atom stereocenters. The summed E-state index contributed by atoms with van der Waals surface area (Å²) in [6.07, 6.45) is 18.2. The maximum Gasteiger partial charge on any atom is 0.0291 e. The summed E-state index contributed by atoms with van der Waals surface area (Å²) in [5, 5.41) is 5.31. The van der Waals surface area contributed by atoms with E-state index in [4.69, 9.17) is 0 Å². The molecule has 1 aromatic rings. The molecule has 192 valence electrons. The number of unbranched alkanes of at least 4 members (excludes halogenated alkanes) is 10. The highest BCUT2D eigenvalue weighted by atomic mass is 32.2. The van der Waals surface area contributed by atoms with Gasteiger partial charge in [-0.3, -0.25) is 0 Å². The number of rotatable bonds is 23. The van der Waals surface area contributed by atoms with E-state index >= 15 is 0 Å². The Kier molecular flexibility index (Phi) is 20.9. The molecule has 1 N–H and O–H groups in total. The van der Waals surface area contributed by atoms with E-state index in [2.05, 4.69) is 86.9 Å². The Balaban J connectivity index is 2.52. The molecule has 0 bridgehead atoms. The molecular formula is C30H55NS2. The average molecular weight is 494 g/mol. The van der Waals surface area contributed by atoms with Gasteiger partial charge in [0.05, 0.1) is 0 Å². The van der Waals surface area contributed by atoms with E-state index < -0.39 is 0 Å². The van der Waals surface area contributed by atoms with E-state index in [1.165, 1.54) is 101 Å². The zero-order valence-electron chi connectivity index (χ0n) is 22.5. The minimum atomic E-state index is 0.719. The van der Waals surface area contributed by atoms with Crippen molar-refractivity contribution in [2.24, 2.45) is 5.92 Å². The average Bonchev–Trinajstić information content (AvgIpc) is 2.81. The minimum Gasteiger partial charge on any atom is -0.312 e. The van der Waals surface area contributed by atoms with Gasteiger partial charge in [-0.25, -0.2) is 0 Å². The topological polar surface area (TPSA) is 12.0 Å². The van der Waals surface area contributed by atoms with E-state index in [9.17, 15) is 0 Å². The maximum atomic E-state index is 3.81. The van der Waals surface area contributed by atoms with Gasteiger partial charge in [0.1, 0.15) is 0 Å². The molecule has 0 aliphatic carbocycles. The second-order valence-corrected chi connectivity index (χ2v) is 12.8. The van der Waals surface area contributed by atoms with Crippen LogP contribution in [0, 0.1) is 5.92 Å². The smallest absolute Gasteiger partial charge is 0.0291 e. The SMILES string of the molecule is CCCCCCCCS[C@@H](CNCc1ccccc1)[C@H](CC(C)C)SCCCCCCCC. The Bertz CT molecular complexity index is 519. The Morgan fingerprint density at radius 3 is 1.73 bits per heavy atom. The van der Waals surface area contributed by atoms with Crippen LogP contribution in [-0.4, -0.2) is 28.6 Å².